The van der Waals surface area contributed by atoms with Crippen LogP contribution in [0.3, 0.4) is 0 Å². The molecule has 0 N–H and O–H groups in total. The number of nitrogens with zero attached hydrogens (tertiary/aromatic N) is 3. The van der Waals surface area contributed by atoms with Gasteiger partial charge in [0.15, 0.2) is 0 Å². The van der Waals surface area contributed by atoms with Gasteiger partial charge in [-0.05, 0) is 30.2 Å². The molecule has 0 bridgehead atoms. The summed E-state index contributed by atoms with van der Waals surface area (Å²) in [6.07, 6.45) is 12.9. The molecule has 1 heterocycles. The van der Waals surface area contributed by atoms with Crippen LogP contribution >= 0.6 is 0 Å². The Hall–Kier alpha value is -1.45. The summed E-state index contributed by atoms with van der Waals surface area (Å²) in [6, 6.07) is 0.196. The van der Waals surface area contributed by atoms with Crippen LogP contribution in [0, 0.1) is 5.41 Å². The smallest absolute Gasteiger partial charge is 0.232 e. The van der Waals surface area contributed by atoms with E-state index < -0.39 is 0 Å². The highest BCUT2D eigenvalue weighted by Crippen LogP contribution is 2.26. The average molecular weight is 362 g/mol. The average Bonchev–Trinajstić information content (AvgIpc) is 2.57. The molecule has 1 aromatic rings. The number of carbonyl (C=O) groups excluding carboxylic acids is 1. The number of aromatic nitrogens is 2. The molecule has 0 aromatic carbocycles. The fourth-order valence-corrected chi connectivity index (χ4v) is 3.19. The van der Waals surface area contributed by atoms with E-state index in [2.05, 4.69) is 51.5 Å². The van der Waals surface area contributed by atoms with E-state index >= 15 is 0 Å². The summed E-state index contributed by atoms with van der Waals surface area (Å²) in [5.41, 5.74) is 1.09. The van der Waals surface area contributed by atoms with Gasteiger partial charge in [-0.2, -0.15) is 0 Å². The summed E-state index contributed by atoms with van der Waals surface area (Å²) in [6.45, 7) is 12.9. The van der Waals surface area contributed by atoms with Crippen LogP contribution in [0.2, 0.25) is 0 Å². The molecule has 0 aliphatic carbocycles. The SMILES string of the molecule is CCCCC(CCCC)N(C(=O)CC(C)(C)C)c1ncc(CCC)cn1. The largest absolute Gasteiger partial charge is 0.278 e. The van der Waals surface area contributed by atoms with Crippen molar-refractivity contribution in [1.82, 2.24) is 9.97 Å². The number of anilines is 1. The maximum Gasteiger partial charge on any atom is 0.232 e. The zero-order chi connectivity index (χ0) is 19.6. The van der Waals surface area contributed by atoms with Gasteiger partial charge < -0.3 is 0 Å². The van der Waals surface area contributed by atoms with E-state index in [0.29, 0.717) is 12.4 Å². The Labute approximate surface area is 160 Å². The summed E-state index contributed by atoms with van der Waals surface area (Å²) in [5.74, 6) is 0.731. The summed E-state index contributed by atoms with van der Waals surface area (Å²) < 4.78 is 0. The van der Waals surface area contributed by atoms with E-state index in [1.807, 2.05) is 17.3 Å². The van der Waals surface area contributed by atoms with Gasteiger partial charge in [0.05, 0.1) is 0 Å². The topological polar surface area (TPSA) is 46.1 Å². The normalized spacial score (nSPS) is 11.8. The molecule has 4 heteroatoms. The van der Waals surface area contributed by atoms with Gasteiger partial charge in [0.1, 0.15) is 0 Å². The quantitative estimate of drug-likeness (QED) is 0.489. The number of unbranched alkanes of at least 4 members (excludes halogenated alkanes) is 2. The molecule has 1 aromatic heterocycles. The molecule has 0 aliphatic heterocycles. The van der Waals surface area contributed by atoms with Crippen molar-refractivity contribution in [3.8, 4) is 0 Å². The minimum Gasteiger partial charge on any atom is -0.278 e. The predicted molar refractivity (Wildman–Crippen MR) is 110 cm³/mol. The van der Waals surface area contributed by atoms with Gasteiger partial charge in [0.2, 0.25) is 11.9 Å². The summed E-state index contributed by atoms with van der Waals surface area (Å²) in [4.78, 5) is 24.3. The highest BCUT2D eigenvalue weighted by Gasteiger charge is 2.29. The van der Waals surface area contributed by atoms with Crippen LogP contribution in [0.15, 0.2) is 12.4 Å². The van der Waals surface area contributed by atoms with Crippen molar-refractivity contribution in [2.24, 2.45) is 5.41 Å². The van der Waals surface area contributed by atoms with Crippen LogP contribution in [0.1, 0.15) is 98.5 Å². The molecule has 1 amide bonds. The molecule has 0 saturated heterocycles. The number of carbonyl (C=O) groups is 1. The van der Waals surface area contributed by atoms with Crippen molar-refractivity contribution < 1.29 is 4.79 Å². The van der Waals surface area contributed by atoms with Crippen molar-refractivity contribution in [1.29, 1.82) is 0 Å². The molecule has 0 fully saturated rings. The monoisotopic (exact) mass is 361 g/mol. The maximum absolute atomic E-state index is 13.2. The van der Waals surface area contributed by atoms with Gasteiger partial charge in [-0.25, -0.2) is 9.97 Å². The highest BCUT2D eigenvalue weighted by atomic mass is 16.2. The Morgan fingerprint density at radius 3 is 1.96 bits per heavy atom. The molecule has 26 heavy (non-hydrogen) atoms. The van der Waals surface area contributed by atoms with Crippen LogP contribution in [-0.4, -0.2) is 21.9 Å². The van der Waals surface area contributed by atoms with Crippen LogP contribution in [0.25, 0.3) is 0 Å². The number of hydrogen-bond donors (Lipinski definition) is 0. The molecule has 0 aliphatic rings. The Morgan fingerprint density at radius 1 is 1.00 bits per heavy atom. The molecule has 148 valence electrons. The minimum atomic E-state index is -0.0441. The molecular weight excluding hydrogens is 322 g/mol. The van der Waals surface area contributed by atoms with E-state index in [4.69, 9.17) is 0 Å². The van der Waals surface area contributed by atoms with Gasteiger partial charge in [-0.15, -0.1) is 0 Å². The lowest BCUT2D eigenvalue weighted by Crippen LogP contribution is -2.43. The Bertz CT molecular complexity index is 511. The lowest BCUT2D eigenvalue weighted by molar-refractivity contribution is -0.121. The zero-order valence-corrected chi connectivity index (χ0v) is 17.8. The van der Waals surface area contributed by atoms with Crippen LogP contribution in [0.5, 0.6) is 0 Å². The predicted octanol–water partition coefficient (Wildman–Crippen LogP) is 5.95. The minimum absolute atomic E-state index is 0.0441. The van der Waals surface area contributed by atoms with Crippen molar-refractivity contribution in [3.63, 3.8) is 0 Å². The summed E-state index contributed by atoms with van der Waals surface area (Å²) >= 11 is 0. The molecule has 0 radical (unpaired) electrons. The Kier molecular flexibility index (Phi) is 9.82. The third-order valence-electron chi connectivity index (χ3n) is 4.54. The fraction of sp³-hybridized carbons (Fsp3) is 0.773. The van der Waals surface area contributed by atoms with Crippen molar-refractivity contribution in [2.45, 2.75) is 105 Å². The first-order valence-corrected chi connectivity index (χ1v) is 10.4. The van der Waals surface area contributed by atoms with E-state index in [9.17, 15) is 4.79 Å². The number of amides is 1. The van der Waals surface area contributed by atoms with Gasteiger partial charge >= 0.3 is 0 Å². The lowest BCUT2D eigenvalue weighted by Gasteiger charge is -2.32. The summed E-state index contributed by atoms with van der Waals surface area (Å²) in [7, 11) is 0. The number of aryl methyl sites for hydroxylation is 1. The third kappa shape index (κ3) is 7.84. The van der Waals surface area contributed by atoms with Gasteiger partial charge in [0, 0.05) is 24.9 Å². The van der Waals surface area contributed by atoms with Gasteiger partial charge in [0.25, 0.3) is 0 Å². The maximum atomic E-state index is 13.2. The number of rotatable bonds is 11. The first-order valence-electron chi connectivity index (χ1n) is 10.4. The molecule has 0 atom stereocenters. The first-order chi connectivity index (χ1) is 12.3. The molecule has 1 rings (SSSR count). The van der Waals surface area contributed by atoms with E-state index in [1.54, 1.807) is 0 Å². The molecule has 0 unspecified atom stereocenters. The zero-order valence-electron chi connectivity index (χ0n) is 17.8. The fourth-order valence-electron chi connectivity index (χ4n) is 3.19. The molecule has 0 saturated carbocycles. The number of hydrogen-bond acceptors (Lipinski definition) is 3. The first kappa shape index (κ1) is 22.6. The van der Waals surface area contributed by atoms with E-state index in [0.717, 1.165) is 56.9 Å². The second-order valence-electron chi connectivity index (χ2n) is 8.58. The molecule has 4 nitrogen and oxygen atoms in total. The second kappa shape index (κ2) is 11.3. The van der Waals surface area contributed by atoms with E-state index in [-0.39, 0.29) is 17.4 Å². The van der Waals surface area contributed by atoms with Gasteiger partial charge in [-0.1, -0.05) is 73.6 Å². The third-order valence-corrected chi connectivity index (χ3v) is 4.54. The van der Waals surface area contributed by atoms with Gasteiger partial charge in [-0.3, -0.25) is 9.69 Å². The van der Waals surface area contributed by atoms with Crippen LogP contribution < -0.4 is 4.90 Å². The van der Waals surface area contributed by atoms with Crippen molar-refractivity contribution >= 4 is 11.9 Å². The van der Waals surface area contributed by atoms with Crippen LogP contribution in [0.4, 0.5) is 5.95 Å². The molecular formula is C22H39N3O. The summed E-state index contributed by atoms with van der Waals surface area (Å²) in [5, 5.41) is 0. The van der Waals surface area contributed by atoms with Crippen molar-refractivity contribution in [3.05, 3.63) is 18.0 Å². The van der Waals surface area contributed by atoms with Crippen molar-refractivity contribution in [2.75, 3.05) is 4.90 Å². The second-order valence-corrected chi connectivity index (χ2v) is 8.58. The highest BCUT2D eigenvalue weighted by molar-refractivity contribution is 5.92. The molecule has 0 spiro atoms. The van der Waals surface area contributed by atoms with Crippen LogP contribution in [-0.2, 0) is 11.2 Å². The standard InChI is InChI=1S/C22H39N3O/c1-7-10-13-19(14-11-8-2)25(20(26)15-22(4,5)6)21-23-16-18(12-9-3)17-24-21/h16-17,19H,7-15H2,1-6H3. The van der Waals surface area contributed by atoms with E-state index in [1.165, 1.54) is 0 Å². The lowest BCUT2D eigenvalue weighted by atomic mass is 9.91. The Balaban J connectivity index is 3.14. The Morgan fingerprint density at radius 2 is 1.54 bits per heavy atom.